The molecular formula is C14H17NO3. The second-order valence-corrected chi connectivity index (χ2v) is 3.94. The van der Waals surface area contributed by atoms with Crippen molar-refractivity contribution in [3.05, 3.63) is 54.0 Å². The van der Waals surface area contributed by atoms with Crippen LogP contribution < -0.4 is 10.5 Å². The minimum Gasteiger partial charge on any atom is -0.481 e. The molecule has 0 amide bonds. The van der Waals surface area contributed by atoms with Gasteiger partial charge in [0.15, 0.2) is 6.10 Å². The van der Waals surface area contributed by atoms with Crippen LogP contribution in [0.15, 0.2) is 47.1 Å². The summed E-state index contributed by atoms with van der Waals surface area (Å²) in [6.45, 7) is 0.924. The fraction of sp³-hybridized carbons (Fsp3) is 0.286. The van der Waals surface area contributed by atoms with E-state index in [0.29, 0.717) is 13.2 Å². The Labute approximate surface area is 106 Å². The molecule has 0 aliphatic carbocycles. The molecule has 18 heavy (non-hydrogen) atoms. The minimum absolute atomic E-state index is 0.266. The highest BCUT2D eigenvalue weighted by Crippen LogP contribution is 2.22. The molecule has 0 radical (unpaired) electrons. The Hall–Kier alpha value is -1.78. The Balaban J connectivity index is 2.09. The van der Waals surface area contributed by atoms with Gasteiger partial charge in [0.25, 0.3) is 0 Å². The van der Waals surface area contributed by atoms with Crippen LogP contribution in [0.5, 0.6) is 5.75 Å². The number of furan rings is 1. The van der Waals surface area contributed by atoms with E-state index in [1.165, 1.54) is 0 Å². The van der Waals surface area contributed by atoms with Crippen LogP contribution in [-0.2, 0) is 11.3 Å². The molecule has 2 N–H and O–H groups in total. The normalized spacial score (nSPS) is 12.3. The van der Waals surface area contributed by atoms with Gasteiger partial charge in [0.1, 0.15) is 11.5 Å². The molecule has 96 valence electrons. The van der Waals surface area contributed by atoms with E-state index in [2.05, 4.69) is 0 Å². The van der Waals surface area contributed by atoms with Gasteiger partial charge in [-0.25, -0.2) is 0 Å². The number of rotatable bonds is 6. The summed E-state index contributed by atoms with van der Waals surface area (Å²) in [5.41, 5.74) is 6.76. The average Bonchev–Trinajstić information content (AvgIpc) is 2.90. The second kappa shape index (κ2) is 6.23. The van der Waals surface area contributed by atoms with Gasteiger partial charge in [-0.15, -0.1) is 0 Å². The minimum atomic E-state index is -0.266. The van der Waals surface area contributed by atoms with Crippen molar-refractivity contribution in [3.8, 4) is 5.75 Å². The lowest BCUT2D eigenvalue weighted by atomic mass is 10.2. The largest absolute Gasteiger partial charge is 0.481 e. The van der Waals surface area contributed by atoms with Crippen LogP contribution in [0.4, 0.5) is 0 Å². The van der Waals surface area contributed by atoms with E-state index in [-0.39, 0.29) is 6.10 Å². The summed E-state index contributed by atoms with van der Waals surface area (Å²) in [5, 5.41) is 0. The van der Waals surface area contributed by atoms with E-state index in [1.807, 2.05) is 36.4 Å². The van der Waals surface area contributed by atoms with E-state index in [1.54, 1.807) is 13.4 Å². The lowest BCUT2D eigenvalue weighted by Crippen LogP contribution is -2.17. The molecule has 0 aliphatic heterocycles. The SMILES string of the molecule is COCc1cccc(OC(CN)c2ccco2)c1. The Kier molecular flexibility index (Phi) is 4.39. The second-order valence-electron chi connectivity index (χ2n) is 3.94. The zero-order valence-corrected chi connectivity index (χ0v) is 10.3. The van der Waals surface area contributed by atoms with Crippen LogP contribution in [0, 0.1) is 0 Å². The first kappa shape index (κ1) is 12.7. The smallest absolute Gasteiger partial charge is 0.168 e. The quantitative estimate of drug-likeness (QED) is 0.852. The highest BCUT2D eigenvalue weighted by Gasteiger charge is 2.14. The molecule has 0 aliphatic rings. The van der Waals surface area contributed by atoms with Gasteiger partial charge in [0.2, 0.25) is 0 Å². The van der Waals surface area contributed by atoms with Gasteiger partial charge >= 0.3 is 0 Å². The number of benzene rings is 1. The maximum atomic E-state index is 5.82. The molecule has 1 atom stereocenters. The number of ether oxygens (including phenoxy) is 2. The topological polar surface area (TPSA) is 57.6 Å². The molecule has 0 spiro atoms. The highest BCUT2D eigenvalue weighted by atomic mass is 16.5. The van der Waals surface area contributed by atoms with Crippen molar-refractivity contribution in [1.82, 2.24) is 0 Å². The first-order valence-corrected chi connectivity index (χ1v) is 5.81. The summed E-state index contributed by atoms with van der Waals surface area (Å²) in [6, 6.07) is 11.4. The van der Waals surface area contributed by atoms with Crippen LogP contribution >= 0.6 is 0 Å². The number of hydrogen-bond acceptors (Lipinski definition) is 4. The average molecular weight is 247 g/mol. The molecule has 4 nitrogen and oxygen atoms in total. The zero-order chi connectivity index (χ0) is 12.8. The molecule has 2 aromatic rings. The van der Waals surface area contributed by atoms with Crippen molar-refractivity contribution in [3.63, 3.8) is 0 Å². The van der Waals surface area contributed by atoms with Crippen molar-refractivity contribution in [2.45, 2.75) is 12.7 Å². The van der Waals surface area contributed by atoms with Crippen LogP contribution in [0.2, 0.25) is 0 Å². The van der Waals surface area contributed by atoms with Crippen LogP contribution in [0.1, 0.15) is 17.4 Å². The van der Waals surface area contributed by atoms with E-state index >= 15 is 0 Å². The van der Waals surface area contributed by atoms with Gasteiger partial charge in [0.05, 0.1) is 12.9 Å². The van der Waals surface area contributed by atoms with Gasteiger partial charge in [-0.3, -0.25) is 0 Å². The number of hydrogen-bond donors (Lipinski definition) is 1. The standard InChI is InChI=1S/C14H17NO3/c1-16-10-11-4-2-5-12(8-11)18-14(9-15)13-6-3-7-17-13/h2-8,14H,9-10,15H2,1H3. The van der Waals surface area contributed by atoms with E-state index < -0.39 is 0 Å². The summed E-state index contributed by atoms with van der Waals surface area (Å²) in [7, 11) is 1.67. The summed E-state index contributed by atoms with van der Waals surface area (Å²) in [5.74, 6) is 1.49. The fourth-order valence-electron chi connectivity index (χ4n) is 1.74. The van der Waals surface area contributed by atoms with Crippen molar-refractivity contribution in [2.75, 3.05) is 13.7 Å². The zero-order valence-electron chi connectivity index (χ0n) is 10.3. The fourth-order valence-corrected chi connectivity index (χ4v) is 1.74. The van der Waals surface area contributed by atoms with Crippen LogP contribution in [0.25, 0.3) is 0 Å². The highest BCUT2D eigenvalue weighted by molar-refractivity contribution is 5.28. The maximum Gasteiger partial charge on any atom is 0.168 e. The maximum absolute atomic E-state index is 5.82. The van der Waals surface area contributed by atoms with Gasteiger partial charge in [0, 0.05) is 13.7 Å². The Morgan fingerprint density at radius 2 is 2.17 bits per heavy atom. The molecular weight excluding hydrogens is 230 g/mol. The molecule has 4 heteroatoms. The van der Waals surface area contributed by atoms with Crippen molar-refractivity contribution < 1.29 is 13.9 Å². The van der Waals surface area contributed by atoms with Gasteiger partial charge in [-0.2, -0.15) is 0 Å². The molecule has 1 unspecified atom stereocenters. The van der Waals surface area contributed by atoms with Crippen molar-refractivity contribution in [2.24, 2.45) is 5.73 Å². The van der Waals surface area contributed by atoms with Crippen molar-refractivity contribution >= 4 is 0 Å². The lowest BCUT2D eigenvalue weighted by Gasteiger charge is -2.15. The molecule has 0 saturated carbocycles. The van der Waals surface area contributed by atoms with E-state index in [0.717, 1.165) is 17.1 Å². The van der Waals surface area contributed by atoms with Gasteiger partial charge < -0.3 is 19.6 Å². The van der Waals surface area contributed by atoms with E-state index in [9.17, 15) is 0 Å². The molecule has 1 aromatic carbocycles. The molecule has 0 saturated heterocycles. The third-order valence-electron chi connectivity index (χ3n) is 2.56. The first-order chi connectivity index (χ1) is 8.83. The molecule has 1 aromatic heterocycles. The van der Waals surface area contributed by atoms with Crippen molar-refractivity contribution in [1.29, 1.82) is 0 Å². The number of methoxy groups -OCH3 is 1. The third-order valence-corrected chi connectivity index (χ3v) is 2.56. The monoisotopic (exact) mass is 247 g/mol. The predicted molar refractivity (Wildman–Crippen MR) is 68.3 cm³/mol. The molecule has 1 heterocycles. The number of nitrogens with two attached hydrogens (primary N) is 1. The Morgan fingerprint density at radius 1 is 1.28 bits per heavy atom. The van der Waals surface area contributed by atoms with E-state index in [4.69, 9.17) is 19.6 Å². The molecule has 0 bridgehead atoms. The summed E-state index contributed by atoms with van der Waals surface area (Å²) in [4.78, 5) is 0. The summed E-state index contributed by atoms with van der Waals surface area (Å²) < 4.78 is 16.2. The Morgan fingerprint density at radius 3 is 2.83 bits per heavy atom. The van der Waals surface area contributed by atoms with Gasteiger partial charge in [-0.1, -0.05) is 12.1 Å². The summed E-state index contributed by atoms with van der Waals surface area (Å²) >= 11 is 0. The molecule has 0 fully saturated rings. The van der Waals surface area contributed by atoms with Crippen LogP contribution in [-0.4, -0.2) is 13.7 Å². The molecule has 2 rings (SSSR count). The first-order valence-electron chi connectivity index (χ1n) is 5.81. The third kappa shape index (κ3) is 3.12. The van der Waals surface area contributed by atoms with Gasteiger partial charge in [-0.05, 0) is 29.8 Å². The lowest BCUT2D eigenvalue weighted by molar-refractivity contribution is 0.177. The van der Waals surface area contributed by atoms with Crippen LogP contribution in [0.3, 0.4) is 0 Å². The Bertz CT molecular complexity index is 468. The predicted octanol–water partition coefficient (Wildman–Crippen LogP) is 2.50. The summed E-state index contributed by atoms with van der Waals surface area (Å²) in [6.07, 6.45) is 1.35.